The van der Waals surface area contributed by atoms with Crippen molar-refractivity contribution in [3.05, 3.63) is 85.8 Å². The van der Waals surface area contributed by atoms with Gasteiger partial charge in [0, 0.05) is 17.8 Å². The molecule has 2 aromatic carbocycles. The lowest BCUT2D eigenvalue weighted by Gasteiger charge is -2.01. The van der Waals surface area contributed by atoms with E-state index in [2.05, 4.69) is 15.6 Å². The summed E-state index contributed by atoms with van der Waals surface area (Å²) in [5.41, 5.74) is 5.81. The summed E-state index contributed by atoms with van der Waals surface area (Å²) in [6.45, 7) is 3.75. The number of H-pyrrole nitrogens is 1. The number of nitro benzene ring substituents is 1. The molecule has 2 N–H and O–H groups in total. The standard InChI is InChI=1S/C18H17N5O3/c1-12-6-8-15(9-7-12)22-18(24)17(13(2)21-22)11-19-20-14-4-3-5-16(10-14)23(25)26/h3-11,20-21H,1-2H3/b19-11+. The number of anilines is 1. The van der Waals surface area contributed by atoms with Crippen LogP contribution >= 0.6 is 0 Å². The molecule has 8 heteroatoms. The summed E-state index contributed by atoms with van der Waals surface area (Å²) in [4.78, 5) is 22.9. The van der Waals surface area contributed by atoms with Crippen molar-refractivity contribution in [2.75, 3.05) is 5.43 Å². The minimum absolute atomic E-state index is 0.0373. The molecule has 0 bridgehead atoms. The van der Waals surface area contributed by atoms with Gasteiger partial charge in [-0.05, 0) is 32.0 Å². The lowest BCUT2D eigenvalue weighted by molar-refractivity contribution is -0.384. The van der Waals surface area contributed by atoms with Crippen LogP contribution in [0.4, 0.5) is 11.4 Å². The number of non-ortho nitro benzene ring substituents is 1. The zero-order valence-corrected chi connectivity index (χ0v) is 14.3. The van der Waals surface area contributed by atoms with Crippen molar-refractivity contribution in [3.8, 4) is 5.69 Å². The van der Waals surface area contributed by atoms with Gasteiger partial charge in [0.2, 0.25) is 0 Å². The number of nitrogens with one attached hydrogen (secondary N) is 2. The molecular weight excluding hydrogens is 334 g/mol. The van der Waals surface area contributed by atoms with E-state index in [0.717, 1.165) is 11.3 Å². The van der Waals surface area contributed by atoms with Crippen LogP contribution in [-0.4, -0.2) is 20.9 Å². The third-order valence-corrected chi connectivity index (χ3v) is 3.85. The van der Waals surface area contributed by atoms with Gasteiger partial charge in [-0.1, -0.05) is 23.8 Å². The Kier molecular flexibility index (Phi) is 4.66. The van der Waals surface area contributed by atoms with Crippen LogP contribution in [0.2, 0.25) is 0 Å². The topological polar surface area (TPSA) is 105 Å². The highest BCUT2D eigenvalue weighted by Crippen LogP contribution is 2.16. The smallest absolute Gasteiger partial charge is 0.280 e. The Balaban J connectivity index is 1.83. The average Bonchev–Trinajstić information content (AvgIpc) is 2.91. The van der Waals surface area contributed by atoms with Crippen LogP contribution in [-0.2, 0) is 0 Å². The molecule has 3 rings (SSSR count). The van der Waals surface area contributed by atoms with Crippen LogP contribution in [0.3, 0.4) is 0 Å². The number of nitrogens with zero attached hydrogens (tertiary/aromatic N) is 3. The quantitative estimate of drug-likeness (QED) is 0.418. The molecule has 0 amide bonds. The van der Waals surface area contributed by atoms with E-state index in [-0.39, 0.29) is 11.2 Å². The summed E-state index contributed by atoms with van der Waals surface area (Å²) in [7, 11) is 0. The van der Waals surface area contributed by atoms with Gasteiger partial charge in [-0.25, -0.2) is 4.68 Å². The summed E-state index contributed by atoms with van der Waals surface area (Å²) in [6, 6.07) is 13.5. The van der Waals surface area contributed by atoms with E-state index in [0.29, 0.717) is 16.9 Å². The fraction of sp³-hybridized carbons (Fsp3) is 0.111. The number of aromatic amines is 1. The first-order valence-corrected chi connectivity index (χ1v) is 7.88. The third-order valence-electron chi connectivity index (χ3n) is 3.85. The highest BCUT2D eigenvalue weighted by atomic mass is 16.6. The second-order valence-corrected chi connectivity index (χ2v) is 5.80. The summed E-state index contributed by atoms with van der Waals surface area (Å²) in [6.07, 6.45) is 1.40. The Labute approximate surface area is 148 Å². The molecule has 0 unspecified atom stereocenters. The molecule has 0 aliphatic heterocycles. The van der Waals surface area contributed by atoms with Gasteiger partial charge in [0.1, 0.15) is 0 Å². The number of nitro groups is 1. The van der Waals surface area contributed by atoms with Crippen molar-refractivity contribution in [2.24, 2.45) is 5.10 Å². The van der Waals surface area contributed by atoms with E-state index in [4.69, 9.17) is 0 Å². The summed E-state index contributed by atoms with van der Waals surface area (Å²) >= 11 is 0. The van der Waals surface area contributed by atoms with Crippen LogP contribution in [0.15, 0.2) is 58.4 Å². The molecule has 0 atom stereocenters. The molecule has 3 aromatic rings. The second-order valence-electron chi connectivity index (χ2n) is 5.80. The maximum Gasteiger partial charge on any atom is 0.280 e. The average molecular weight is 351 g/mol. The number of hydrazone groups is 1. The zero-order valence-electron chi connectivity index (χ0n) is 14.3. The van der Waals surface area contributed by atoms with E-state index in [9.17, 15) is 14.9 Å². The minimum atomic E-state index is -0.481. The maximum absolute atomic E-state index is 12.6. The van der Waals surface area contributed by atoms with Gasteiger partial charge >= 0.3 is 0 Å². The minimum Gasteiger partial charge on any atom is -0.295 e. The Morgan fingerprint density at radius 1 is 1.19 bits per heavy atom. The molecule has 0 aliphatic carbocycles. The van der Waals surface area contributed by atoms with Crippen molar-refractivity contribution in [3.63, 3.8) is 0 Å². The fourth-order valence-corrected chi connectivity index (χ4v) is 2.45. The maximum atomic E-state index is 12.6. The van der Waals surface area contributed by atoms with Crippen molar-refractivity contribution in [1.82, 2.24) is 9.78 Å². The van der Waals surface area contributed by atoms with Gasteiger partial charge < -0.3 is 0 Å². The van der Waals surface area contributed by atoms with E-state index in [1.54, 1.807) is 19.1 Å². The van der Waals surface area contributed by atoms with E-state index in [1.807, 2.05) is 31.2 Å². The molecule has 1 heterocycles. The number of hydrogen-bond acceptors (Lipinski definition) is 5. The molecule has 132 valence electrons. The fourth-order valence-electron chi connectivity index (χ4n) is 2.45. The van der Waals surface area contributed by atoms with Crippen LogP contribution in [0.25, 0.3) is 5.69 Å². The van der Waals surface area contributed by atoms with Gasteiger partial charge in [0.25, 0.3) is 11.2 Å². The summed E-state index contributed by atoms with van der Waals surface area (Å²) in [5.74, 6) is 0. The van der Waals surface area contributed by atoms with Gasteiger partial charge in [-0.3, -0.25) is 25.4 Å². The molecule has 0 saturated heterocycles. The zero-order chi connectivity index (χ0) is 18.7. The molecular formula is C18H17N5O3. The van der Waals surface area contributed by atoms with Crippen LogP contribution in [0.5, 0.6) is 0 Å². The highest BCUT2D eigenvalue weighted by Gasteiger charge is 2.10. The van der Waals surface area contributed by atoms with Crippen molar-refractivity contribution in [2.45, 2.75) is 13.8 Å². The van der Waals surface area contributed by atoms with Crippen LogP contribution < -0.4 is 11.0 Å². The third kappa shape index (κ3) is 3.54. The SMILES string of the molecule is Cc1ccc(-n2[nH]c(C)c(/C=N/Nc3cccc([N+](=O)[O-])c3)c2=O)cc1. The van der Waals surface area contributed by atoms with Gasteiger partial charge in [0.05, 0.1) is 28.1 Å². The summed E-state index contributed by atoms with van der Waals surface area (Å²) in [5, 5.41) is 17.8. The molecule has 1 aromatic heterocycles. The molecule has 0 aliphatic rings. The van der Waals surface area contributed by atoms with Gasteiger partial charge in [0.15, 0.2) is 0 Å². The Hall–Kier alpha value is -3.68. The Bertz CT molecular complexity index is 1030. The number of aromatic nitrogens is 2. The number of benzene rings is 2. The Morgan fingerprint density at radius 2 is 1.92 bits per heavy atom. The van der Waals surface area contributed by atoms with Gasteiger partial charge in [-0.15, -0.1) is 0 Å². The number of rotatable bonds is 5. The molecule has 8 nitrogen and oxygen atoms in total. The van der Waals surface area contributed by atoms with E-state index >= 15 is 0 Å². The first-order valence-electron chi connectivity index (χ1n) is 7.88. The lowest BCUT2D eigenvalue weighted by atomic mass is 10.2. The molecule has 0 fully saturated rings. The van der Waals surface area contributed by atoms with Crippen LogP contribution in [0.1, 0.15) is 16.8 Å². The van der Waals surface area contributed by atoms with Crippen molar-refractivity contribution in [1.29, 1.82) is 0 Å². The predicted octanol–water partition coefficient (Wildman–Crippen LogP) is 3.14. The van der Waals surface area contributed by atoms with Crippen molar-refractivity contribution >= 4 is 17.6 Å². The second kappa shape index (κ2) is 7.06. The molecule has 0 spiro atoms. The number of hydrogen-bond donors (Lipinski definition) is 2. The lowest BCUT2D eigenvalue weighted by Crippen LogP contribution is -2.17. The molecule has 0 radical (unpaired) electrons. The molecule has 0 saturated carbocycles. The first kappa shape index (κ1) is 17.2. The van der Waals surface area contributed by atoms with E-state index in [1.165, 1.54) is 23.0 Å². The highest BCUT2D eigenvalue weighted by molar-refractivity contribution is 5.81. The van der Waals surface area contributed by atoms with Crippen molar-refractivity contribution < 1.29 is 4.92 Å². The number of aryl methyl sites for hydroxylation is 2. The first-order chi connectivity index (χ1) is 12.5. The molecule has 26 heavy (non-hydrogen) atoms. The van der Waals surface area contributed by atoms with Gasteiger partial charge in [-0.2, -0.15) is 5.10 Å². The largest absolute Gasteiger partial charge is 0.295 e. The Morgan fingerprint density at radius 3 is 2.62 bits per heavy atom. The predicted molar refractivity (Wildman–Crippen MR) is 100 cm³/mol. The normalized spacial score (nSPS) is 11.0. The monoisotopic (exact) mass is 351 g/mol. The van der Waals surface area contributed by atoms with E-state index < -0.39 is 4.92 Å². The summed E-state index contributed by atoms with van der Waals surface area (Å²) < 4.78 is 1.45. The van der Waals surface area contributed by atoms with Crippen LogP contribution in [0, 0.1) is 24.0 Å².